The van der Waals surface area contributed by atoms with Crippen LogP contribution in [0.3, 0.4) is 0 Å². The zero-order valence-corrected chi connectivity index (χ0v) is 22.6. The van der Waals surface area contributed by atoms with E-state index in [-0.39, 0.29) is 33.3 Å². The van der Waals surface area contributed by atoms with Crippen molar-refractivity contribution in [2.45, 2.75) is 6.18 Å². The third-order valence-electron chi connectivity index (χ3n) is 6.33. The number of halogens is 4. The number of alkyl halides is 3. The van der Waals surface area contributed by atoms with Gasteiger partial charge in [-0.1, -0.05) is 78.3 Å². The highest BCUT2D eigenvalue weighted by atomic mass is 35.5. The van der Waals surface area contributed by atoms with Crippen molar-refractivity contribution in [1.29, 1.82) is 0 Å². The van der Waals surface area contributed by atoms with Crippen LogP contribution in [0.15, 0.2) is 118 Å². The highest BCUT2D eigenvalue weighted by Crippen LogP contribution is 2.39. The zero-order chi connectivity index (χ0) is 30.1. The van der Waals surface area contributed by atoms with E-state index in [9.17, 15) is 22.8 Å². The fraction of sp³-hybridized carbons (Fsp3) is 0.0312. The number of benzene rings is 4. The molecule has 6 aromatic rings. The Labute approximate surface area is 246 Å². The molecule has 0 aliphatic carbocycles. The van der Waals surface area contributed by atoms with Gasteiger partial charge in [-0.15, -0.1) is 0 Å². The number of esters is 1. The maximum atomic E-state index is 14.0. The van der Waals surface area contributed by atoms with Gasteiger partial charge in [0.05, 0.1) is 11.1 Å². The molecule has 0 atom stereocenters. The zero-order valence-electron chi connectivity index (χ0n) is 21.8. The summed E-state index contributed by atoms with van der Waals surface area (Å²) in [5, 5.41) is 4.30. The van der Waals surface area contributed by atoms with Crippen LogP contribution >= 0.6 is 11.6 Å². The fourth-order valence-corrected chi connectivity index (χ4v) is 4.68. The van der Waals surface area contributed by atoms with Crippen molar-refractivity contribution in [1.82, 2.24) is 9.78 Å². The first-order valence-corrected chi connectivity index (χ1v) is 13.1. The van der Waals surface area contributed by atoms with Crippen molar-refractivity contribution in [3.63, 3.8) is 0 Å². The predicted octanol–water partition coefficient (Wildman–Crippen LogP) is 8.33. The van der Waals surface area contributed by atoms with Gasteiger partial charge in [0.1, 0.15) is 33.5 Å². The van der Waals surface area contributed by atoms with Crippen molar-refractivity contribution in [3.05, 3.63) is 136 Å². The second-order valence-corrected chi connectivity index (χ2v) is 9.54. The molecule has 0 radical (unpaired) electrons. The van der Waals surface area contributed by atoms with Crippen LogP contribution in [0, 0.1) is 0 Å². The standard InChI is InChI=1S/C32H18ClF3N2O5/c33-30-25(26(19-10-4-1-5-11-19)37-38(30)20-12-6-2-7-13-20)31(40)42-22-16-17-23-24(18-22)43-29(32(34,35)36)28(27(23)39)41-21-14-8-3-9-15-21/h1-18H. The molecule has 214 valence electrons. The first-order valence-electron chi connectivity index (χ1n) is 12.7. The molecule has 0 amide bonds. The SMILES string of the molecule is O=C(Oc1ccc2c(=O)c(Oc3ccccc3)c(C(F)(F)F)oc2c1)c1c(-c2ccccc2)nn(-c2ccccc2)c1Cl. The van der Waals surface area contributed by atoms with Crippen molar-refractivity contribution in [2.24, 2.45) is 0 Å². The second-order valence-electron chi connectivity index (χ2n) is 9.18. The number of para-hydroxylation sites is 2. The summed E-state index contributed by atoms with van der Waals surface area (Å²) in [6.07, 6.45) is -5.06. The van der Waals surface area contributed by atoms with Gasteiger partial charge in [-0.05, 0) is 36.4 Å². The van der Waals surface area contributed by atoms with E-state index >= 15 is 0 Å². The first-order chi connectivity index (χ1) is 20.7. The average Bonchev–Trinajstić information content (AvgIpc) is 3.36. The van der Waals surface area contributed by atoms with Crippen LogP contribution in [0.2, 0.25) is 5.15 Å². The van der Waals surface area contributed by atoms with Gasteiger partial charge in [-0.25, -0.2) is 9.48 Å². The summed E-state index contributed by atoms with van der Waals surface area (Å²) in [6.45, 7) is 0. The lowest BCUT2D eigenvalue weighted by Gasteiger charge is -2.13. The Balaban J connectivity index is 1.41. The molecule has 0 bridgehead atoms. The summed E-state index contributed by atoms with van der Waals surface area (Å²) < 4.78 is 59.2. The van der Waals surface area contributed by atoms with Gasteiger partial charge in [-0.2, -0.15) is 18.3 Å². The number of rotatable bonds is 6. The van der Waals surface area contributed by atoms with Gasteiger partial charge in [0, 0.05) is 11.6 Å². The van der Waals surface area contributed by atoms with Crippen LogP contribution in [0.25, 0.3) is 27.9 Å². The van der Waals surface area contributed by atoms with Gasteiger partial charge in [0.15, 0.2) is 0 Å². The topological polar surface area (TPSA) is 83.6 Å². The number of hydrogen-bond donors (Lipinski definition) is 0. The summed E-state index contributed by atoms with van der Waals surface area (Å²) in [6, 6.07) is 28.7. The second kappa shape index (κ2) is 11.1. The Morgan fingerprint density at radius 2 is 1.47 bits per heavy atom. The van der Waals surface area contributed by atoms with E-state index in [0.29, 0.717) is 11.3 Å². The van der Waals surface area contributed by atoms with Crippen LogP contribution in [-0.2, 0) is 6.18 Å². The largest absolute Gasteiger partial charge is 0.453 e. The number of nitrogens with zero attached hydrogens (tertiary/aromatic N) is 2. The number of aromatic nitrogens is 2. The Hall–Kier alpha value is -5.35. The van der Waals surface area contributed by atoms with Crippen molar-refractivity contribution < 1.29 is 31.9 Å². The molecular formula is C32H18ClF3N2O5. The third-order valence-corrected chi connectivity index (χ3v) is 6.68. The molecule has 6 rings (SSSR count). The number of carbonyl (C=O) groups excluding carboxylic acids is 1. The number of hydrogen-bond acceptors (Lipinski definition) is 6. The summed E-state index contributed by atoms with van der Waals surface area (Å²) in [4.78, 5) is 26.6. The highest BCUT2D eigenvalue weighted by Gasteiger charge is 2.40. The van der Waals surface area contributed by atoms with E-state index in [1.807, 2.05) is 6.07 Å². The molecule has 0 aliphatic rings. The van der Waals surface area contributed by atoms with Crippen molar-refractivity contribution in [2.75, 3.05) is 0 Å². The molecule has 0 spiro atoms. The molecule has 11 heteroatoms. The normalized spacial score (nSPS) is 11.4. The van der Waals surface area contributed by atoms with Crippen LogP contribution in [0.4, 0.5) is 13.2 Å². The molecule has 0 N–H and O–H groups in total. The molecule has 4 aromatic carbocycles. The minimum absolute atomic E-state index is 0.0207. The average molecular weight is 603 g/mol. The Morgan fingerprint density at radius 3 is 2.12 bits per heavy atom. The van der Waals surface area contributed by atoms with Gasteiger partial charge < -0.3 is 13.9 Å². The predicted molar refractivity (Wildman–Crippen MR) is 153 cm³/mol. The first kappa shape index (κ1) is 27.8. The molecule has 0 aliphatic heterocycles. The van der Waals surface area contributed by atoms with E-state index < -0.39 is 34.7 Å². The van der Waals surface area contributed by atoms with E-state index in [1.54, 1.807) is 72.8 Å². The van der Waals surface area contributed by atoms with E-state index in [4.69, 9.17) is 25.5 Å². The summed E-state index contributed by atoms with van der Waals surface area (Å²) in [5.41, 5.74) is -0.179. The number of carbonyl (C=O) groups is 1. The minimum Gasteiger partial charge on any atom is -0.449 e. The maximum absolute atomic E-state index is 14.0. The fourth-order valence-electron chi connectivity index (χ4n) is 4.38. The smallest absolute Gasteiger partial charge is 0.449 e. The Bertz CT molecular complexity index is 2010. The van der Waals surface area contributed by atoms with Crippen LogP contribution in [0.5, 0.6) is 17.2 Å². The van der Waals surface area contributed by atoms with Crippen molar-refractivity contribution >= 4 is 28.5 Å². The molecule has 0 saturated heterocycles. The molecule has 0 saturated carbocycles. The summed E-state index contributed by atoms with van der Waals surface area (Å²) in [7, 11) is 0. The molecule has 0 unspecified atom stereocenters. The third kappa shape index (κ3) is 5.47. The summed E-state index contributed by atoms with van der Waals surface area (Å²) in [5.74, 6) is -3.73. The molecule has 2 aromatic heterocycles. The van der Waals surface area contributed by atoms with Crippen LogP contribution < -0.4 is 14.9 Å². The van der Waals surface area contributed by atoms with Gasteiger partial charge in [0.2, 0.25) is 11.2 Å². The lowest BCUT2D eigenvalue weighted by atomic mass is 10.1. The van der Waals surface area contributed by atoms with Gasteiger partial charge in [-0.3, -0.25) is 4.79 Å². The molecular weight excluding hydrogens is 585 g/mol. The lowest BCUT2D eigenvalue weighted by molar-refractivity contribution is -0.154. The number of fused-ring (bicyclic) bond motifs is 1. The Morgan fingerprint density at radius 1 is 0.837 bits per heavy atom. The molecule has 2 heterocycles. The van der Waals surface area contributed by atoms with Crippen molar-refractivity contribution in [3.8, 4) is 34.2 Å². The van der Waals surface area contributed by atoms with Crippen LogP contribution in [0.1, 0.15) is 16.1 Å². The van der Waals surface area contributed by atoms with Crippen LogP contribution in [-0.4, -0.2) is 15.7 Å². The monoisotopic (exact) mass is 602 g/mol. The summed E-state index contributed by atoms with van der Waals surface area (Å²) >= 11 is 6.65. The lowest BCUT2D eigenvalue weighted by Crippen LogP contribution is -2.15. The molecule has 7 nitrogen and oxygen atoms in total. The molecule has 43 heavy (non-hydrogen) atoms. The minimum atomic E-state index is -5.06. The van der Waals surface area contributed by atoms with E-state index in [1.165, 1.54) is 28.9 Å². The van der Waals surface area contributed by atoms with Gasteiger partial charge in [0.25, 0.3) is 5.76 Å². The van der Waals surface area contributed by atoms with Gasteiger partial charge >= 0.3 is 12.1 Å². The quantitative estimate of drug-likeness (QED) is 0.141. The van der Waals surface area contributed by atoms with E-state index in [2.05, 4.69) is 5.10 Å². The highest BCUT2D eigenvalue weighted by molar-refractivity contribution is 6.33. The maximum Gasteiger partial charge on any atom is 0.453 e. The number of ether oxygens (including phenoxy) is 2. The Kier molecular flexibility index (Phi) is 7.21. The van der Waals surface area contributed by atoms with E-state index in [0.717, 1.165) is 6.07 Å². The molecule has 0 fully saturated rings.